The quantitative estimate of drug-likeness (QED) is 0.663. The predicted molar refractivity (Wildman–Crippen MR) is 53.5 cm³/mol. The fraction of sp³-hybridized carbons (Fsp3) is 0.500. The molecular formula is C10H11NO2S. The molecule has 14 heavy (non-hydrogen) atoms. The number of aryl methyl sites for hydroxylation is 1. The van der Waals surface area contributed by atoms with Crippen molar-refractivity contribution >= 4 is 22.9 Å². The number of ketones is 2. The average molecular weight is 209 g/mol. The van der Waals surface area contributed by atoms with Crippen LogP contribution >= 0.6 is 11.3 Å². The van der Waals surface area contributed by atoms with E-state index in [0.717, 1.165) is 10.7 Å². The highest BCUT2D eigenvalue weighted by Crippen LogP contribution is 2.31. The predicted octanol–water partition coefficient (Wildman–Crippen LogP) is 1.86. The van der Waals surface area contributed by atoms with Gasteiger partial charge in [-0.2, -0.15) is 0 Å². The van der Waals surface area contributed by atoms with E-state index in [9.17, 15) is 9.59 Å². The number of rotatable bonds is 1. The standard InChI is InChI=1S/C10H11NO2S/c1-6-5-14-10(11-6)7-2-8(12)4-9(13)3-7/h5,7H,2-4H2,1H3. The summed E-state index contributed by atoms with van der Waals surface area (Å²) in [6.45, 7) is 1.92. The second-order valence-corrected chi connectivity index (χ2v) is 4.58. The van der Waals surface area contributed by atoms with E-state index in [1.165, 1.54) is 0 Å². The van der Waals surface area contributed by atoms with Gasteiger partial charge in [0.15, 0.2) is 0 Å². The maximum atomic E-state index is 11.2. The highest BCUT2D eigenvalue weighted by atomic mass is 32.1. The first-order valence-corrected chi connectivity index (χ1v) is 5.48. The molecule has 74 valence electrons. The SMILES string of the molecule is Cc1csc(C2CC(=O)CC(=O)C2)n1. The fourth-order valence-electron chi connectivity index (χ4n) is 1.72. The first-order valence-electron chi connectivity index (χ1n) is 4.60. The van der Waals surface area contributed by atoms with Gasteiger partial charge in [0.05, 0.1) is 11.4 Å². The van der Waals surface area contributed by atoms with Crippen LogP contribution in [0.1, 0.15) is 35.9 Å². The molecule has 0 unspecified atom stereocenters. The molecule has 1 aliphatic rings. The Labute approximate surface area is 86.2 Å². The third kappa shape index (κ3) is 1.90. The van der Waals surface area contributed by atoms with Crippen LogP contribution in [0.3, 0.4) is 0 Å². The Morgan fingerprint density at radius 2 is 2.00 bits per heavy atom. The van der Waals surface area contributed by atoms with Gasteiger partial charge in [-0.15, -0.1) is 11.3 Å². The molecule has 1 saturated carbocycles. The van der Waals surface area contributed by atoms with Crippen LogP contribution in [-0.4, -0.2) is 16.6 Å². The zero-order chi connectivity index (χ0) is 10.1. The lowest BCUT2D eigenvalue weighted by Gasteiger charge is -2.17. The minimum Gasteiger partial charge on any atom is -0.299 e. The van der Waals surface area contributed by atoms with Gasteiger partial charge in [0.1, 0.15) is 11.6 Å². The molecule has 1 fully saturated rings. The molecule has 0 aliphatic heterocycles. The van der Waals surface area contributed by atoms with Crippen LogP contribution in [0.4, 0.5) is 0 Å². The summed E-state index contributed by atoms with van der Waals surface area (Å²) in [7, 11) is 0. The molecule has 0 N–H and O–H groups in total. The molecule has 0 atom stereocenters. The van der Waals surface area contributed by atoms with E-state index in [4.69, 9.17) is 0 Å². The number of carbonyl (C=O) groups is 2. The minimum absolute atomic E-state index is 0.0439. The van der Waals surface area contributed by atoms with Crippen molar-refractivity contribution in [2.45, 2.75) is 32.1 Å². The third-order valence-electron chi connectivity index (χ3n) is 2.33. The molecule has 0 spiro atoms. The van der Waals surface area contributed by atoms with Crippen molar-refractivity contribution in [3.63, 3.8) is 0 Å². The van der Waals surface area contributed by atoms with Crippen molar-refractivity contribution in [2.24, 2.45) is 0 Å². The smallest absolute Gasteiger partial charge is 0.140 e. The summed E-state index contributed by atoms with van der Waals surface area (Å²) in [5, 5.41) is 2.89. The molecule has 0 radical (unpaired) electrons. The van der Waals surface area contributed by atoms with E-state index in [1.807, 2.05) is 12.3 Å². The monoisotopic (exact) mass is 209 g/mol. The van der Waals surface area contributed by atoms with Gasteiger partial charge in [-0.1, -0.05) is 0 Å². The summed E-state index contributed by atoms with van der Waals surface area (Å²) in [5.41, 5.74) is 0.968. The Kier molecular flexibility index (Phi) is 2.46. The van der Waals surface area contributed by atoms with Gasteiger partial charge in [0.25, 0.3) is 0 Å². The van der Waals surface area contributed by atoms with Crippen molar-refractivity contribution in [1.29, 1.82) is 0 Å². The van der Waals surface area contributed by atoms with Gasteiger partial charge in [-0.25, -0.2) is 4.98 Å². The van der Waals surface area contributed by atoms with E-state index < -0.39 is 0 Å². The molecule has 1 aromatic heterocycles. The van der Waals surface area contributed by atoms with Crippen LogP contribution in [0.15, 0.2) is 5.38 Å². The van der Waals surface area contributed by atoms with Crippen LogP contribution in [0.5, 0.6) is 0 Å². The van der Waals surface area contributed by atoms with E-state index in [-0.39, 0.29) is 23.9 Å². The zero-order valence-corrected chi connectivity index (χ0v) is 8.76. The highest BCUT2D eigenvalue weighted by Gasteiger charge is 2.28. The summed E-state index contributed by atoms with van der Waals surface area (Å²) >= 11 is 1.54. The topological polar surface area (TPSA) is 47.0 Å². The Hall–Kier alpha value is -1.03. The van der Waals surface area contributed by atoms with Crippen molar-refractivity contribution in [2.75, 3.05) is 0 Å². The Balaban J connectivity index is 2.18. The Morgan fingerprint density at radius 3 is 2.50 bits per heavy atom. The maximum Gasteiger partial charge on any atom is 0.140 e. The van der Waals surface area contributed by atoms with Crippen molar-refractivity contribution in [3.8, 4) is 0 Å². The first kappa shape index (κ1) is 9.52. The van der Waals surface area contributed by atoms with Crippen LogP contribution in [0.25, 0.3) is 0 Å². The lowest BCUT2D eigenvalue weighted by atomic mass is 9.88. The number of nitrogens with zero attached hydrogens (tertiary/aromatic N) is 1. The number of aromatic nitrogens is 1. The van der Waals surface area contributed by atoms with Gasteiger partial charge in [0.2, 0.25) is 0 Å². The summed E-state index contributed by atoms with van der Waals surface area (Å²) < 4.78 is 0. The summed E-state index contributed by atoms with van der Waals surface area (Å²) in [6, 6.07) is 0. The Morgan fingerprint density at radius 1 is 1.36 bits per heavy atom. The number of Topliss-reactive ketones (excluding diaryl/α,β-unsaturated/α-hetero) is 2. The summed E-state index contributed by atoms with van der Waals surface area (Å²) in [6.07, 6.45) is 1.10. The third-order valence-corrected chi connectivity index (χ3v) is 3.45. The molecule has 0 amide bonds. The highest BCUT2D eigenvalue weighted by molar-refractivity contribution is 7.09. The lowest BCUT2D eigenvalue weighted by Crippen LogP contribution is -2.21. The van der Waals surface area contributed by atoms with Crippen LogP contribution in [0, 0.1) is 6.92 Å². The summed E-state index contributed by atoms with van der Waals surface area (Å²) in [5.74, 6) is 0.153. The maximum absolute atomic E-state index is 11.2. The number of hydrogen-bond donors (Lipinski definition) is 0. The van der Waals surface area contributed by atoms with Crippen molar-refractivity contribution < 1.29 is 9.59 Å². The van der Waals surface area contributed by atoms with Crippen LogP contribution < -0.4 is 0 Å². The second-order valence-electron chi connectivity index (χ2n) is 3.69. The van der Waals surface area contributed by atoms with Crippen LogP contribution in [0.2, 0.25) is 0 Å². The molecule has 0 bridgehead atoms. The molecule has 2 rings (SSSR count). The molecule has 0 aromatic carbocycles. The number of hydrogen-bond acceptors (Lipinski definition) is 4. The van der Waals surface area contributed by atoms with Gasteiger partial charge >= 0.3 is 0 Å². The lowest BCUT2D eigenvalue weighted by molar-refractivity contribution is -0.130. The van der Waals surface area contributed by atoms with Gasteiger partial charge in [-0.05, 0) is 6.92 Å². The van der Waals surface area contributed by atoms with Gasteiger partial charge < -0.3 is 0 Å². The number of carbonyl (C=O) groups excluding carboxylic acids is 2. The molecule has 4 heteroatoms. The number of thiazole rings is 1. The van der Waals surface area contributed by atoms with E-state index >= 15 is 0 Å². The first-order chi connectivity index (χ1) is 6.65. The molecule has 3 nitrogen and oxygen atoms in total. The minimum atomic E-state index is 0.0439. The normalized spacial score (nSPS) is 18.9. The Bertz CT molecular complexity index is 367. The second kappa shape index (κ2) is 3.61. The van der Waals surface area contributed by atoms with Crippen LogP contribution in [-0.2, 0) is 9.59 Å². The largest absolute Gasteiger partial charge is 0.299 e. The molecule has 0 saturated heterocycles. The molecule has 1 aliphatic carbocycles. The van der Waals surface area contributed by atoms with Crippen molar-refractivity contribution in [1.82, 2.24) is 4.98 Å². The fourth-order valence-corrected chi connectivity index (χ4v) is 2.62. The zero-order valence-electron chi connectivity index (χ0n) is 7.95. The average Bonchev–Trinajstić information content (AvgIpc) is 2.50. The van der Waals surface area contributed by atoms with E-state index in [1.54, 1.807) is 11.3 Å². The molecular weight excluding hydrogens is 198 g/mol. The van der Waals surface area contributed by atoms with Gasteiger partial charge in [-0.3, -0.25) is 9.59 Å². The van der Waals surface area contributed by atoms with Crippen molar-refractivity contribution in [3.05, 3.63) is 16.1 Å². The molecule has 1 heterocycles. The molecule has 1 aromatic rings. The van der Waals surface area contributed by atoms with E-state index in [0.29, 0.717) is 12.8 Å². The van der Waals surface area contributed by atoms with Gasteiger partial charge in [0, 0.05) is 29.8 Å². The summed E-state index contributed by atoms with van der Waals surface area (Å²) in [4.78, 5) is 26.8. The van der Waals surface area contributed by atoms with E-state index in [2.05, 4.69) is 4.98 Å².